The van der Waals surface area contributed by atoms with E-state index in [0.29, 0.717) is 19.5 Å². The van der Waals surface area contributed by atoms with Crippen molar-refractivity contribution in [2.45, 2.75) is 51.2 Å². The van der Waals surface area contributed by atoms with Crippen molar-refractivity contribution in [3.8, 4) is 0 Å². The van der Waals surface area contributed by atoms with Crippen molar-refractivity contribution in [3.63, 3.8) is 0 Å². The minimum Gasteiger partial charge on any atom is -0.386 e. The molecule has 4 nitrogen and oxygen atoms in total. The van der Waals surface area contributed by atoms with Gasteiger partial charge in [0.05, 0.1) is 24.8 Å². The Hall–Kier alpha value is -0.610. The molecule has 4 heteroatoms. The van der Waals surface area contributed by atoms with Gasteiger partial charge in [-0.2, -0.15) is 0 Å². The van der Waals surface area contributed by atoms with Crippen LogP contribution in [0.15, 0.2) is 0 Å². The Bertz CT molecular complexity index is 236. The van der Waals surface area contributed by atoms with Crippen LogP contribution in [0.25, 0.3) is 0 Å². The molecule has 0 bridgehead atoms. The summed E-state index contributed by atoms with van der Waals surface area (Å²) in [5, 5.41) is 9.93. The quantitative estimate of drug-likeness (QED) is 0.744. The molecule has 1 saturated heterocycles. The van der Waals surface area contributed by atoms with Crippen LogP contribution in [0.5, 0.6) is 0 Å². The molecule has 1 rings (SSSR count). The second kappa shape index (κ2) is 5.64. The molecule has 1 heterocycles. The highest BCUT2D eigenvalue weighted by Gasteiger charge is 2.42. The van der Waals surface area contributed by atoms with Crippen LogP contribution in [-0.2, 0) is 9.53 Å². The normalized spacial score (nSPS) is 20.4. The third-order valence-electron chi connectivity index (χ3n) is 3.21. The third-order valence-corrected chi connectivity index (χ3v) is 3.21. The van der Waals surface area contributed by atoms with Gasteiger partial charge >= 0.3 is 0 Å². The highest BCUT2D eigenvalue weighted by Crippen LogP contribution is 2.26. The van der Waals surface area contributed by atoms with E-state index in [9.17, 15) is 9.90 Å². The second-order valence-corrected chi connectivity index (χ2v) is 4.81. The van der Waals surface area contributed by atoms with Gasteiger partial charge in [-0.25, -0.2) is 0 Å². The maximum atomic E-state index is 11.7. The molecule has 0 radical (unpaired) electrons. The predicted molar refractivity (Wildman–Crippen MR) is 62.1 cm³/mol. The topological polar surface area (TPSA) is 49.8 Å². The van der Waals surface area contributed by atoms with Crippen molar-refractivity contribution < 1.29 is 14.6 Å². The zero-order chi connectivity index (χ0) is 12.2. The van der Waals surface area contributed by atoms with Gasteiger partial charge in [-0.1, -0.05) is 13.3 Å². The van der Waals surface area contributed by atoms with Crippen molar-refractivity contribution >= 4 is 5.91 Å². The third kappa shape index (κ3) is 3.46. The summed E-state index contributed by atoms with van der Waals surface area (Å²) >= 11 is 0. The number of likely N-dealkylation sites (tertiary alicyclic amines) is 1. The van der Waals surface area contributed by atoms with Gasteiger partial charge < -0.3 is 14.7 Å². The lowest BCUT2D eigenvalue weighted by molar-refractivity contribution is -0.157. The number of carbonyl (C=O) groups excluding carboxylic acids is 1. The van der Waals surface area contributed by atoms with E-state index in [1.165, 1.54) is 0 Å². The lowest BCUT2D eigenvalue weighted by Crippen LogP contribution is -2.63. The number of rotatable bonds is 6. The number of hydrogen-bond donors (Lipinski definition) is 1. The number of nitrogens with zero attached hydrogens (tertiary/aromatic N) is 1. The van der Waals surface area contributed by atoms with E-state index in [-0.39, 0.29) is 12.0 Å². The molecule has 1 atom stereocenters. The Kier molecular flexibility index (Phi) is 4.74. The fourth-order valence-electron chi connectivity index (χ4n) is 2.07. The first kappa shape index (κ1) is 13.5. The van der Waals surface area contributed by atoms with Gasteiger partial charge in [0.15, 0.2) is 0 Å². The summed E-state index contributed by atoms with van der Waals surface area (Å²) in [5.74, 6) is 0.129. The fourth-order valence-corrected chi connectivity index (χ4v) is 2.07. The molecule has 1 N–H and O–H groups in total. The van der Waals surface area contributed by atoms with E-state index in [2.05, 4.69) is 0 Å². The summed E-state index contributed by atoms with van der Waals surface area (Å²) in [6.07, 6.45) is 3.12. The molecule has 1 amide bonds. The molecule has 16 heavy (non-hydrogen) atoms. The van der Waals surface area contributed by atoms with E-state index in [1.807, 2.05) is 13.8 Å². The van der Waals surface area contributed by atoms with Crippen LogP contribution >= 0.6 is 0 Å². The number of ether oxygens (including phenoxy) is 1. The van der Waals surface area contributed by atoms with Crippen LogP contribution in [0.2, 0.25) is 0 Å². The lowest BCUT2D eigenvalue weighted by Gasteiger charge is -2.46. The first-order valence-electron chi connectivity index (χ1n) is 6.03. The summed E-state index contributed by atoms with van der Waals surface area (Å²) in [4.78, 5) is 13.4. The van der Waals surface area contributed by atoms with Crippen molar-refractivity contribution in [1.82, 2.24) is 4.90 Å². The molecule has 0 spiro atoms. The van der Waals surface area contributed by atoms with Crippen LogP contribution in [0.1, 0.15) is 39.5 Å². The number of aliphatic hydroxyl groups is 1. The number of β-amino-alcohol motifs (C(OH)–C–C–N with tert-alkyl or cyclic N) is 1. The summed E-state index contributed by atoms with van der Waals surface area (Å²) in [7, 11) is 1.65. The van der Waals surface area contributed by atoms with Gasteiger partial charge in [-0.15, -0.1) is 0 Å². The lowest BCUT2D eigenvalue weighted by atomic mass is 9.89. The molecule has 0 aromatic rings. The predicted octanol–water partition coefficient (Wildman–Crippen LogP) is 1.17. The Morgan fingerprint density at radius 1 is 1.56 bits per heavy atom. The van der Waals surface area contributed by atoms with Crippen molar-refractivity contribution in [1.29, 1.82) is 0 Å². The van der Waals surface area contributed by atoms with Crippen molar-refractivity contribution in [2.75, 3.05) is 20.2 Å². The molecular weight excluding hydrogens is 206 g/mol. The summed E-state index contributed by atoms with van der Waals surface area (Å²) in [6.45, 7) is 5.00. The second-order valence-electron chi connectivity index (χ2n) is 4.81. The highest BCUT2D eigenvalue weighted by atomic mass is 16.5. The molecule has 0 aliphatic carbocycles. The maximum absolute atomic E-state index is 11.7. The van der Waals surface area contributed by atoms with E-state index in [4.69, 9.17) is 4.74 Å². The highest BCUT2D eigenvalue weighted by molar-refractivity contribution is 5.77. The first-order chi connectivity index (χ1) is 7.50. The van der Waals surface area contributed by atoms with Crippen molar-refractivity contribution in [3.05, 3.63) is 0 Å². The molecule has 1 aliphatic heterocycles. The molecular formula is C12H23NO3. The Morgan fingerprint density at radius 2 is 2.19 bits per heavy atom. The molecule has 1 aliphatic rings. The van der Waals surface area contributed by atoms with E-state index < -0.39 is 5.60 Å². The van der Waals surface area contributed by atoms with Gasteiger partial charge in [-0.05, 0) is 19.8 Å². The number of amides is 1. The molecule has 0 aromatic carbocycles. The average Bonchev–Trinajstić information content (AvgIpc) is 2.22. The van der Waals surface area contributed by atoms with Gasteiger partial charge in [0, 0.05) is 13.5 Å². The smallest absolute Gasteiger partial charge is 0.222 e. The molecule has 1 unspecified atom stereocenters. The van der Waals surface area contributed by atoms with Crippen LogP contribution in [0, 0.1) is 0 Å². The van der Waals surface area contributed by atoms with Crippen molar-refractivity contribution in [2.24, 2.45) is 0 Å². The zero-order valence-corrected chi connectivity index (χ0v) is 10.5. The van der Waals surface area contributed by atoms with Gasteiger partial charge in [0.25, 0.3) is 0 Å². The average molecular weight is 229 g/mol. The molecule has 0 aromatic heterocycles. The van der Waals surface area contributed by atoms with Crippen LogP contribution in [0.4, 0.5) is 0 Å². The van der Waals surface area contributed by atoms with E-state index in [0.717, 1.165) is 19.3 Å². The van der Waals surface area contributed by atoms with E-state index >= 15 is 0 Å². The van der Waals surface area contributed by atoms with Gasteiger partial charge in [0.1, 0.15) is 0 Å². The number of hydrogen-bond acceptors (Lipinski definition) is 3. The van der Waals surface area contributed by atoms with E-state index in [1.54, 1.807) is 12.0 Å². The largest absolute Gasteiger partial charge is 0.386 e. The van der Waals surface area contributed by atoms with Crippen LogP contribution < -0.4 is 0 Å². The summed E-state index contributed by atoms with van der Waals surface area (Å²) < 4.78 is 5.09. The number of carbonyl (C=O) groups is 1. The maximum Gasteiger partial charge on any atom is 0.222 e. The number of methoxy groups -OCH3 is 1. The molecule has 94 valence electrons. The standard InChI is InChI=1S/C12H23NO3/c1-4-7-12(15)8-13(9-12)11(14)6-5-10(2)16-3/h10,15H,4-9H2,1-3H3. The minimum absolute atomic E-state index is 0.125. The van der Waals surface area contributed by atoms with Crippen LogP contribution in [-0.4, -0.2) is 47.8 Å². The van der Waals surface area contributed by atoms with Gasteiger partial charge in [-0.3, -0.25) is 4.79 Å². The first-order valence-corrected chi connectivity index (χ1v) is 6.03. The minimum atomic E-state index is -0.614. The SMILES string of the molecule is CCCC1(O)CN(C(=O)CCC(C)OC)C1. The summed E-state index contributed by atoms with van der Waals surface area (Å²) in [6, 6.07) is 0. The Labute approximate surface area is 97.6 Å². The Morgan fingerprint density at radius 3 is 2.69 bits per heavy atom. The zero-order valence-electron chi connectivity index (χ0n) is 10.5. The van der Waals surface area contributed by atoms with Gasteiger partial charge in [0.2, 0.25) is 5.91 Å². The monoisotopic (exact) mass is 229 g/mol. The summed E-state index contributed by atoms with van der Waals surface area (Å²) in [5.41, 5.74) is -0.614. The Balaban J connectivity index is 2.21. The molecule has 1 fully saturated rings. The molecule has 0 saturated carbocycles. The van der Waals surface area contributed by atoms with Crippen LogP contribution in [0.3, 0.4) is 0 Å². The fraction of sp³-hybridized carbons (Fsp3) is 0.917.